The zero-order valence-corrected chi connectivity index (χ0v) is 17.7. The molecule has 7 heteroatoms. The summed E-state index contributed by atoms with van der Waals surface area (Å²) in [5.74, 6) is 2.56. The SMILES string of the molecule is Cc1ccc(-c2nnc(SCc3nc(-c4ccc(C(C)C)cc4)no3)o2)cc1C. The lowest BCUT2D eigenvalue weighted by Gasteiger charge is -2.04. The Bertz CT molecular complexity index is 1120. The van der Waals surface area contributed by atoms with Gasteiger partial charge in [-0.1, -0.05) is 61.1 Å². The molecule has 4 aromatic rings. The fraction of sp³-hybridized carbons (Fsp3) is 0.273. The van der Waals surface area contributed by atoms with Gasteiger partial charge in [0.1, 0.15) is 0 Å². The second-order valence-corrected chi connectivity index (χ2v) is 8.18. The van der Waals surface area contributed by atoms with Crippen LogP contribution in [0.25, 0.3) is 22.8 Å². The Morgan fingerprint density at radius 1 is 0.931 bits per heavy atom. The molecule has 2 aromatic heterocycles. The summed E-state index contributed by atoms with van der Waals surface area (Å²) in [6, 6.07) is 14.3. The minimum Gasteiger partial charge on any atom is -0.411 e. The maximum atomic E-state index is 5.76. The van der Waals surface area contributed by atoms with Crippen LogP contribution in [0.3, 0.4) is 0 Å². The molecule has 4 rings (SSSR count). The Labute approximate surface area is 173 Å². The zero-order chi connectivity index (χ0) is 20.4. The number of nitrogens with zero attached hydrogens (tertiary/aromatic N) is 4. The van der Waals surface area contributed by atoms with Crippen LogP contribution >= 0.6 is 11.8 Å². The van der Waals surface area contributed by atoms with Crippen molar-refractivity contribution in [3.05, 3.63) is 65.0 Å². The Morgan fingerprint density at radius 2 is 1.69 bits per heavy atom. The van der Waals surface area contributed by atoms with Crippen molar-refractivity contribution in [1.82, 2.24) is 20.3 Å². The van der Waals surface area contributed by atoms with Gasteiger partial charge < -0.3 is 8.94 Å². The van der Waals surface area contributed by atoms with E-state index in [4.69, 9.17) is 8.94 Å². The number of benzene rings is 2. The Balaban J connectivity index is 1.41. The number of aromatic nitrogens is 4. The number of aryl methyl sites for hydroxylation is 2. The smallest absolute Gasteiger partial charge is 0.277 e. The summed E-state index contributed by atoms with van der Waals surface area (Å²) in [6.07, 6.45) is 0. The fourth-order valence-electron chi connectivity index (χ4n) is 2.83. The molecule has 29 heavy (non-hydrogen) atoms. The van der Waals surface area contributed by atoms with Gasteiger partial charge in [0, 0.05) is 11.1 Å². The second kappa shape index (κ2) is 8.21. The van der Waals surface area contributed by atoms with E-state index in [9.17, 15) is 0 Å². The van der Waals surface area contributed by atoms with Gasteiger partial charge in [-0.15, -0.1) is 10.2 Å². The Hall–Kier alpha value is -2.93. The average Bonchev–Trinajstić information content (AvgIpc) is 3.38. The highest BCUT2D eigenvalue weighted by molar-refractivity contribution is 7.98. The maximum Gasteiger partial charge on any atom is 0.277 e. The number of hydrogen-bond donors (Lipinski definition) is 0. The second-order valence-electron chi connectivity index (χ2n) is 7.25. The lowest BCUT2D eigenvalue weighted by molar-refractivity contribution is 0.391. The topological polar surface area (TPSA) is 77.8 Å². The van der Waals surface area contributed by atoms with E-state index in [2.05, 4.69) is 66.2 Å². The third kappa shape index (κ3) is 4.40. The molecule has 0 amide bonds. The predicted octanol–water partition coefficient (Wildman–Crippen LogP) is 5.82. The van der Waals surface area contributed by atoms with Gasteiger partial charge in [-0.05, 0) is 48.6 Å². The number of thioether (sulfide) groups is 1. The van der Waals surface area contributed by atoms with Gasteiger partial charge in [0.15, 0.2) is 0 Å². The first-order chi connectivity index (χ1) is 14.0. The first kappa shape index (κ1) is 19.4. The van der Waals surface area contributed by atoms with Crippen LogP contribution in [0.5, 0.6) is 0 Å². The Kier molecular flexibility index (Phi) is 5.49. The lowest BCUT2D eigenvalue weighted by atomic mass is 10.0. The molecule has 0 radical (unpaired) electrons. The Morgan fingerprint density at radius 3 is 2.41 bits per heavy atom. The van der Waals surface area contributed by atoms with Gasteiger partial charge in [0.25, 0.3) is 5.22 Å². The van der Waals surface area contributed by atoms with Crippen LogP contribution < -0.4 is 0 Å². The van der Waals surface area contributed by atoms with Crippen molar-refractivity contribution < 1.29 is 8.94 Å². The van der Waals surface area contributed by atoms with Crippen molar-refractivity contribution in [1.29, 1.82) is 0 Å². The highest BCUT2D eigenvalue weighted by atomic mass is 32.2. The van der Waals surface area contributed by atoms with Crippen LogP contribution in [0.15, 0.2) is 56.6 Å². The average molecular weight is 407 g/mol. The van der Waals surface area contributed by atoms with E-state index >= 15 is 0 Å². The van der Waals surface area contributed by atoms with E-state index < -0.39 is 0 Å². The molecule has 0 N–H and O–H groups in total. The van der Waals surface area contributed by atoms with Crippen LogP contribution in [0.4, 0.5) is 0 Å². The normalized spacial score (nSPS) is 11.3. The molecule has 0 bridgehead atoms. The van der Waals surface area contributed by atoms with Gasteiger partial charge in [-0.25, -0.2) is 0 Å². The first-order valence-electron chi connectivity index (χ1n) is 9.46. The van der Waals surface area contributed by atoms with Crippen molar-refractivity contribution in [3.63, 3.8) is 0 Å². The monoisotopic (exact) mass is 406 g/mol. The third-order valence-corrected chi connectivity index (χ3v) is 5.59. The van der Waals surface area contributed by atoms with E-state index in [1.54, 1.807) is 0 Å². The molecule has 0 atom stereocenters. The van der Waals surface area contributed by atoms with Crippen molar-refractivity contribution in [2.75, 3.05) is 0 Å². The zero-order valence-electron chi connectivity index (χ0n) is 16.8. The number of hydrogen-bond acceptors (Lipinski definition) is 7. The quantitative estimate of drug-likeness (QED) is 0.373. The summed E-state index contributed by atoms with van der Waals surface area (Å²) >= 11 is 1.37. The van der Waals surface area contributed by atoms with Crippen molar-refractivity contribution in [3.8, 4) is 22.8 Å². The molecule has 0 fully saturated rings. The van der Waals surface area contributed by atoms with Crippen LogP contribution in [0.2, 0.25) is 0 Å². The molecular weight excluding hydrogens is 384 g/mol. The maximum absolute atomic E-state index is 5.76. The van der Waals surface area contributed by atoms with Gasteiger partial charge in [-0.2, -0.15) is 4.98 Å². The van der Waals surface area contributed by atoms with Crippen molar-refractivity contribution in [2.24, 2.45) is 0 Å². The minimum atomic E-state index is 0.464. The molecule has 0 aliphatic rings. The fourth-order valence-corrected chi connectivity index (χ4v) is 3.43. The van der Waals surface area contributed by atoms with Crippen molar-refractivity contribution in [2.45, 2.75) is 44.6 Å². The van der Waals surface area contributed by atoms with Gasteiger partial charge >= 0.3 is 0 Å². The lowest BCUT2D eigenvalue weighted by Crippen LogP contribution is -1.88. The van der Waals surface area contributed by atoms with E-state index in [1.165, 1.54) is 28.5 Å². The molecule has 2 heterocycles. The van der Waals surface area contributed by atoms with E-state index in [-0.39, 0.29) is 0 Å². The molecule has 0 aliphatic heterocycles. The summed E-state index contributed by atoms with van der Waals surface area (Å²) in [6.45, 7) is 8.48. The third-order valence-electron chi connectivity index (χ3n) is 4.78. The largest absolute Gasteiger partial charge is 0.411 e. The van der Waals surface area contributed by atoms with Crippen LogP contribution in [-0.4, -0.2) is 20.3 Å². The van der Waals surface area contributed by atoms with Gasteiger partial charge in [-0.3, -0.25) is 0 Å². The molecule has 0 saturated carbocycles. The van der Waals surface area contributed by atoms with Gasteiger partial charge in [0.2, 0.25) is 17.6 Å². The first-order valence-corrected chi connectivity index (χ1v) is 10.4. The van der Waals surface area contributed by atoms with E-state index in [0.29, 0.717) is 34.5 Å². The highest BCUT2D eigenvalue weighted by Crippen LogP contribution is 2.27. The number of rotatable bonds is 6. The molecule has 148 valence electrons. The highest BCUT2D eigenvalue weighted by Gasteiger charge is 2.13. The molecule has 6 nitrogen and oxygen atoms in total. The summed E-state index contributed by atoms with van der Waals surface area (Å²) in [7, 11) is 0. The summed E-state index contributed by atoms with van der Waals surface area (Å²) in [4.78, 5) is 4.47. The van der Waals surface area contributed by atoms with E-state index in [1.807, 2.05) is 24.3 Å². The van der Waals surface area contributed by atoms with Crippen LogP contribution in [-0.2, 0) is 5.75 Å². The summed E-state index contributed by atoms with van der Waals surface area (Å²) in [5, 5.41) is 12.8. The van der Waals surface area contributed by atoms with Gasteiger partial charge in [0.05, 0.1) is 5.75 Å². The van der Waals surface area contributed by atoms with Crippen LogP contribution in [0.1, 0.15) is 42.3 Å². The molecule has 2 aromatic carbocycles. The molecule has 0 saturated heterocycles. The summed E-state index contributed by atoms with van der Waals surface area (Å²) in [5.41, 5.74) is 5.55. The molecule has 0 spiro atoms. The summed E-state index contributed by atoms with van der Waals surface area (Å²) < 4.78 is 11.1. The molecule has 0 aliphatic carbocycles. The molecule has 0 unspecified atom stereocenters. The van der Waals surface area contributed by atoms with E-state index in [0.717, 1.165) is 11.1 Å². The standard InChI is InChI=1S/C22H22N4O2S/c1-13(2)16-7-9-17(10-8-16)20-23-19(28-26-20)12-29-22-25-24-21(27-22)18-6-5-14(3)15(4)11-18/h5-11,13H,12H2,1-4H3. The van der Waals surface area contributed by atoms with Crippen molar-refractivity contribution >= 4 is 11.8 Å². The minimum absolute atomic E-state index is 0.464. The predicted molar refractivity (Wildman–Crippen MR) is 113 cm³/mol. The van der Waals surface area contributed by atoms with Crippen LogP contribution in [0, 0.1) is 13.8 Å². The molecular formula is C22H22N4O2S.